The topological polar surface area (TPSA) is 27.7 Å². The molecule has 3 nitrogen and oxygen atoms in total. The zero-order valence-electron chi connectivity index (χ0n) is 7.71. The molecule has 0 bridgehead atoms. The van der Waals surface area contributed by atoms with Crippen LogP contribution in [0.25, 0.3) is 0 Å². The van der Waals surface area contributed by atoms with Gasteiger partial charge in [-0.15, -0.1) is 22.0 Å². The maximum absolute atomic E-state index is 12.3. The molecule has 0 N–H and O–H groups in total. The second-order valence-corrected chi connectivity index (χ2v) is 2.40. The Bertz CT molecular complexity index is 273. The minimum absolute atomic E-state index is 1.72. The van der Waals surface area contributed by atoms with Crippen molar-refractivity contribution in [1.82, 2.24) is 0 Å². The molecule has 0 radical (unpaired) electrons. The van der Waals surface area contributed by atoms with E-state index in [-0.39, 0.29) is 0 Å². The summed E-state index contributed by atoms with van der Waals surface area (Å²) in [6, 6.07) is 0. The molecule has 0 saturated heterocycles. The van der Waals surface area contributed by atoms with Crippen LogP contribution in [0, 0.1) is 0 Å². The fourth-order valence-electron chi connectivity index (χ4n) is 0.517. The molecule has 0 unspecified atom stereocenters. The molecule has 0 atom stereocenters. The Labute approximate surface area is 91.2 Å². The molecule has 18 heavy (non-hydrogen) atoms. The summed E-state index contributed by atoms with van der Waals surface area (Å²) in [5.41, 5.74) is 0. The molecule has 13 heteroatoms. The summed E-state index contributed by atoms with van der Waals surface area (Å²) in [7, 11) is 0. The van der Waals surface area contributed by atoms with Gasteiger partial charge in [0.15, 0.2) is 6.86 Å². The Balaban J connectivity index is 4.85. The average Bonchev–Trinajstić information content (AvgIpc) is 1.94. The van der Waals surface area contributed by atoms with E-state index in [1.807, 2.05) is 4.74 Å². The standard InChI is InChI=1S/C5H2F10O3/c6-1-16-2(7,8)3(9,10)17-5(14,15)18-4(11,12)13/h1H2. The molecule has 0 rings (SSSR count). The highest BCUT2D eigenvalue weighted by atomic mass is 19.4. The van der Waals surface area contributed by atoms with Crippen LogP contribution in [0.4, 0.5) is 43.9 Å². The molecule has 0 aromatic carbocycles. The number of hydrogen-bond donors (Lipinski definition) is 0. The largest absolute Gasteiger partial charge is 0.529 e. The Morgan fingerprint density at radius 3 is 1.44 bits per heavy atom. The van der Waals surface area contributed by atoms with Crippen LogP contribution in [0.2, 0.25) is 0 Å². The summed E-state index contributed by atoms with van der Waals surface area (Å²) in [6.07, 6.45) is -24.5. The minimum atomic E-state index is -6.27. The summed E-state index contributed by atoms with van der Waals surface area (Å²) in [5, 5.41) is 0. The lowest BCUT2D eigenvalue weighted by Gasteiger charge is -2.27. The Morgan fingerprint density at radius 1 is 0.667 bits per heavy atom. The second kappa shape index (κ2) is 5.05. The van der Waals surface area contributed by atoms with E-state index in [2.05, 4.69) is 4.74 Å². The molecule has 110 valence electrons. The number of halogens is 10. The van der Waals surface area contributed by atoms with E-state index in [0.717, 1.165) is 0 Å². The highest BCUT2D eigenvalue weighted by Crippen LogP contribution is 2.42. The van der Waals surface area contributed by atoms with E-state index in [4.69, 9.17) is 0 Å². The van der Waals surface area contributed by atoms with Gasteiger partial charge < -0.3 is 0 Å². The van der Waals surface area contributed by atoms with Crippen molar-refractivity contribution in [2.45, 2.75) is 24.9 Å². The van der Waals surface area contributed by atoms with Crippen LogP contribution >= 0.6 is 0 Å². The number of hydrogen-bond acceptors (Lipinski definition) is 3. The van der Waals surface area contributed by atoms with Crippen molar-refractivity contribution in [3.05, 3.63) is 0 Å². The molecule has 0 aromatic rings. The first kappa shape index (κ1) is 17.2. The Hall–Kier alpha value is -0.820. The predicted molar refractivity (Wildman–Crippen MR) is 30.1 cm³/mol. The summed E-state index contributed by atoms with van der Waals surface area (Å²) < 4.78 is 124. The quantitative estimate of drug-likeness (QED) is 0.557. The lowest BCUT2D eigenvalue weighted by molar-refractivity contribution is -0.566. The van der Waals surface area contributed by atoms with E-state index in [1.54, 1.807) is 4.74 Å². The molecule has 0 aliphatic carbocycles. The monoisotopic (exact) mass is 300 g/mol. The highest BCUT2D eigenvalue weighted by Gasteiger charge is 2.66. The van der Waals surface area contributed by atoms with Crippen LogP contribution < -0.4 is 0 Å². The Kier molecular flexibility index (Phi) is 4.82. The van der Waals surface area contributed by atoms with E-state index in [0.29, 0.717) is 0 Å². The summed E-state index contributed by atoms with van der Waals surface area (Å²) >= 11 is 0. The minimum Gasteiger partial charge on any atom is -0.281 e. The van der Waals surface area contributed by atoms with Crippen LogP contribution in [0.15, 0.2) is 0 Å². The average molecular weight is 300 g/mol. The molecular weight excluding hydrogens is 298 g/mol. The molecule has 0 aliphatic rings. The highest BCUT2D eigenvalue weighted by molar-refractivity contribution is 4.66. The first-order chi connectivity index (χ1) is 7.72. The maximum atomic E-state index is 12.3. The molecule has 0 saturated carbocycles. The van der Waals surface area contributed by atoms with Crippen molar-refractivity contribution in [2.75, 3.05) is 6.86 Å². The zero-order valence-corrected chi connectivity index (χ0v) is 7.71. The lowest BCUT2D eigenvalue weighted by atomic mass is 10.6. The molecular formula is C5H2F10O3. The SMILES string of the molecule is FCOC(F)(F)C(F)(F)OC(F)(F)OC(F)(F)F. The van der Waals surface area contributed by atoms with E-state index in [1.165, 1.54) is 0 Å². The van der Waals surface area contributed by atoms with Crippen molar-refractivity contribution in [3.8, 4) is 0 Å². The fraction of sp³-hybridized carbons (Fsp3) is 1.00. The van der Waals surface area contributed by atoms with Crippen LogP contribution in [0.5, 0.6) is 0 Å². The first-order valence-corrected chi connectivity index (χ1v) is 3.53. The van der Waals surface area contributed by atoms with Gasteiger partial charge in [-0.25, -0.2) is 9.13 Å². The Morgan fingerprint density at radius 2 is 1.11 bits per heavy atom. The third-order valence-electron chi connectivity index (χ3n) is 1.06. The van der Waals surface area contributed by atoms with Crippen molar-refractivity contribution >= 4 is 0 Å². The van der Waals surface area contributed by atoms with Gasteiger partial charge in [0.25, 0.3) is 0 Å². The van der Waals surface area contributed by atoms with Gasteiger partial charge >= 0.3 is 24.9 Å². The third kappa shape index (κ3) is 5.22. The molecule has 0 spiro atoms. The van der Waals surface area contributed by atoms with Crippen LogP contribution in [0.3, 0.4) is 0 Å². The van der Waals surface area contributed by atoms with Gasteiger partial charge in [0.1, 0.15) is 0 Å². The smallest absolute Gasteiger partial charge is 0.281 e. The van der Waals surface area contributed by atoms with E-state index in [9.17, 15) is 43.9 Å². The normalized spacial score (nSPS) is 15.0. The van der Waals surface area contributed by atoms with Gasteiger partial charge in [-0.3, -0.25) is 4.74 Å². The van der Waals surface area contributed by atoms with Crippen LogP contribution in [0.1, 0.15) is 0 Å². The van der Waals surface area contributed by atoms with Crippen LogP contribution in [-0.2, 0) is 14.2 Å². The summed E-state index contributed by atoms with van der Waals surface area (Å²) in [5.74, 6) is 0. The van der Waals surface area contributed by atoms with Gasteiger partial charge in [-0.2, -0.15) is 22.3 Å². The second-order valence-electron chi connectivity index (χ2n) is 2.40. The van der Waals surface area contributed by atoms with Gasteiger partial charge in [0.05, 0.1) is 0 Å². The lowest BCUT2D eigenvalue weighted by Crippen LogP contribution is -2.50. The van der Waals surface area contributed by atoms with Crippen molar-refractivity contribution < 1.29 is 58.1 Å². The maximum Gasteiger partial charge on any atom is 0.529 e. The van der Waals surface area contributed by atoms with Gasteiger partial charge in [-0.05, 0) is 0 Å². The molecule has 0 amide bonds. The molecule has 0 fully saturated rings. The molecule has 0 aromatic heterocycles. The van der Waals surface area contributed by atoms with Crippen molar-refractivity contribution in [2.24, 2.45) is 0 Å². The zero-order chi connectivity index (χ0) is 14.8. The first-order valence-electron chi connectivity index (χ1n) is 3.53. The number of alkyl halides is 10. The van der Waals surface area contributed by atoms with E-state index >= 15 is 0 Å². The molecule has 0 heterocycles. The summed E-state index contributed by atoms with van der Waals surface area (Å²) in [4.78, 5) is 0. The van der Waals surface area contributed by atoms with Crippen molar-refractivity contribution in [1.29, 1.82) is 0 Å². The number of ether oxygens (including phenoxy) is 3. The van der Waals surface area contributed by atoms with E-state index < -0.39 is 31.7 Å². The summed E-state index contributed by atoms with van der Waals surface area (Å²) in [6.45, 7) is -2.53. The van der Waals surface area contributed by atoms with Crippen LogP contribution in [-0.4, -0.2) is 31.7 Å². The van der Waals surface area contributed by atoms with Gasteiger partial charge in [0.2, 0.25) is 0 Å². The predicted octanol–water partition coefficient (Wildman–Crippen LogP) is 3.22. The van der Waals surface area contributed by atoms with Gasteiger partial charge in [0, 0.05) is 0 Å². The van der Waals surface area contributed by atoms with Gasteiger partial charge in [-0.1, -0.05) is 0 Å². The molecule has 0 aliphatic heterocycles. The van der Waals surface area contributed by atoms with Crippen molar-refractivity contribution in [3.63, 3.8) is 0 Å². The fourth-order valence-corrected chi connectivity index (χ4v) is 0.517. The third-order valence-corrected chi connectivity index (χ3v) is 1.06. The number of rotatable bonds is 6.